The first kappa shape index (κ1) is 25.8. The van der Waals surface area contributed by atoms with Gasteiger partial charge in [0, 0.05) is 46.8 Å². The van der Waals surface area contributed by atoms with E-state index in [4.69, 9.17) is 16.3 Å². The normalized spacial score (nSPS) is 16.8. The van der Waals surface area contributed by atoms with Gasteiger partial charge in [-0.15, -0.1) is 0 Å². The Labute approximate surface area is 224 Å². The van der Waals surface area contributed by atoms with Gasteiger partial charge in [-0.3, -0.25) is 9.59 Å². The molecule has 0 radical (unpaired) electrons. The molecule has 1 aliphatic carbocycles. The van der Waals surface area contributed by atoms with E-state index in [0.717, 1.165) is 28.3 Å². The van der Waals surface area contributed by atoms with E-state index in [0.29, 0.717) is 48.2 Å². The molecule has 1 saturated heterocycles. The highest BCUT2D eigenvalue weighted by Gasteiger charge is 2.45. The van der Waals surface area contributed by atoms with E-state index in [1.54, 1.807) is 35.8 Å². The number of rotatable bonds is 6. The average molecular weight is 543 g/mol. The van der Waals surface area contributed by atoms with Crippen molar-refractivity contribution in [2.45, 2.75) is 55.9 Å². The molecule has 2 aliphatic rings. The van der Waals surface area contributed by atoms with Crippen LogP contribution in [0.2, 0.25) is 5.02 Å². The highest BCUT2D eigenvalue weighted by molar-refractivity contribution is 7.99. The van der Waals surface area contributed by atoms with Crippen molar-refractivity contribution in [3.05, 3.63) is 58.5 Å². The minimum atomic E-state index is -0.562. The van der Waals surface area contributed by atoms with E-state index in [-0.39, 0.29) is 29.5 Å². The maximum Gasteiger partial charge on any atom is 0.338 e. The van der Waals surface area contributed by atoms with Crippen molar-refractivity contribution >= 4 is 51.9 Å². The number of hydrogen-bond acceptors (Lipinski definition) is 5. The second-order valence-electron chi connectivity index (χ2n) is 9.88. The zero-order valence-corrected chi connectivity index (χ0v) is 22.4. The fourth-order valence-electron chi connectivity index (χ4n) is 5.42. The number of ether oxygens (including phenoxy) is 1. The standard InChI is InChI=1S/C28H28ClFN2O4S/c1-3-36-27(35)18-5-4-6-20(13-18)37-26-17(2)32(25-21(26)7-8-22(29)24(25)30)16-23(34)31-11-9-28(10-12-31)14-19(33)15-28/h4-8,13H,3,9-12,14-16H2,1-2H3. The van der Waals surface area contributed by atoms with Crippen molar-refractivity contribution in [3.63, 3.8) is 0 Å². The molecule has 5 rings (SSSR count). The number of fused-ring (bicyclic) bond motifs is 1. The Morgan fingerprint density at radius 3 is 2.57 bits per heavy atom. The summed E-state index contributed by atoms with van der Waals surface area (Å²) in [5.41, 5.74) is 1.55. The van der Waals surface area contributed by atoms with Crippen LogP contribution in [0.25, 0.3) is 10.9 Å². The van der Waals surface area contributed by atoms with Crippen molar-refractivity contribution in [2.75, 3.05) is 19.7 Å². The number of esters is 1. The third kappa shape index (κ3) is 4.89. The molecule has 1 aromatic heterocycles. The Morgan fingerprint density at radius 1 is 1.16 bits per heavy atom. The molecule has 1 spiro atoms. The molecule has 6 nitrogen and oxygen atoms in total. The van der Waals surface area contributed by atoms with E-state index in [9.17, 15) is 14.4 Å². The second-order valence-corrected chi connectivity index (χ2v) is 11.4. The zero-order chi connectivity index (χ0) is 26.3. The van der Waals surface area contributed by atoms with Gasteiger partial charge in [-0.2, -0.15) is 0 Å². The van der Waals surface area contributed by atoms with E-state index < -0.39 is 11.8 Å². The van der Waals surface area contributed by atoms with Crippen molar-refractivity contribution in [3.8, 4) is 0 Å². The number of amides is 1. The first-order valence-electron chi connectivity index (χ1n) is 12.4. The number of benzene rings is 2. The molecule has 194 valence electrons. The van der Waals surface area contributed by atoms with Gasteiger partial charge in [-0.25, -0.2) is 9.18 Å². The van der Waals surface area contributed by atoms with Crippen LogP contribution < -0.4 is 0 Å². The predicted octanol–water partition coefficient (Wildman–Crippen LogP) is 6.04. The number of nitrogens with zero attached hydrogens (tertiary/aromatic N) is 2. The number of carbonyl (C=O) groups is 3. The van der Waals surface area contributed by atoms with Crippen LogP contribution in [0.4, 0.5) is 4.39 Å². The highest BCUT2D eigenvalue weighted by Crippen LogP contribution is 2.47. The van der Waals surface area contributed by atoms with Crippen LogP contribution in [-0.2, 0) is 20.9 Å². The van der Waals surface area contributed by atoms with Gasteiger partial charge < -0.3 is 14.2 Å². The molecule has 1 aliphatic heterocycles. The fraction of sp³-hybridized carbons (Fsp3) is 0.393. The lowest BCUT2D eigenvalue weighted by atomic mass is 9.62. The van der Waals surface area contributed by atoms with E-state index in [2.05, 4.69) is 0 Å². The van der Waals surface area contributed by atoms with Crippen molar-refractivity contribution < 1.29 is 23.5 Å². The molecular formula is C28H28ClFN2O4S. The molecule has 2 heterocycles. The molecule has 2 fully saturated rings. The van der Waals surface area contributed by atoms with E-state index in [1.807, 2.05) is 17.9 Å². The van der Waals surface area contributed by atoms with E-state index >= 15 is 4.39 Å². The third-order valence-electron chi connectivity index (χ3n) is 7.50. The molecular weight excluding hydrogens is 515 g/mol. The maximum atomic E-state index is 15.3. The third-order valence-corrected chi connectivity index (χ3v) is 9.00. The van der Waals surface area contributed by atoms with E-state index in [1.165, 1.54) is 17.8 Å². The minimum Gasteiger partial charge on any atom is -0.462 e. The number of likely N-dealkylation sites (tertiary alicyclic amines) is 1. The van der Waals surface area contributed by atoms with Gasteiger partial charge in [0.25, 0.3) is 0 Å². The van der Waals surface area contributed by atoms with Gasteiger partial charge in [-0.1, -0.05) is 29.4 Å². The summed E-state index contributed by atoms with van der Waals surface area (Å²) < 4.78 is 22.2. The molecule has 0 bridgehead atoms. The Bertz CT molecular complexity index is 1400. The van der Waals surface area contributed by atoms with Gasteiger partial charge in [0.1, 0.15) is 12.3 Å². The van der Waals surface area contributed by atoms with Crippen molar-refractivity contribution in [1.82, 2.24) is 9.47 Å². The summed E-state index contributed by atoms with van der Waals surface area (Å²) in [5, 5.41) is 0.651. The van der Waals surface area contributed by atoms with Gasteiger partial charge in [0.15, 0.2) is 5.82 Å². The van der Waals surface area contributed by atoms with Crippen molar-refractivity contribution in [1.29, 1.82) is 0 Å². The van der Waals surface area contributed by atoms with Crippen LogP contribution in [0.3, 0.4) is 0 Å². The lowest BCUT2D eigenvalue weighted by Gasteiger charge is -2.46. The number of hydrogen-bond donors (Lipinski definition) is 0. The molecule has 37 heavy (non-hydrogen) atoms. The Balaban J connectivity index is 1.43. The first-order chi connectivity index (χ1) is 17.7. The Hall–Kier alpha value is -2.84. The second kappa shape index (κ2) is 10.1. The SMILES string of the molecule is CCOC(=O)c1cccc(Sc2c(C)n(CC(=O)N3CCC4(CC3)CC(=O)C4)c3c(F)c(Cl)ccc23)c1. The lowest BCUT2D eigenvalue weighted by molar-refractivity contribution is -0.140. The van der Waals surface area contributed by atoms with Crippen LogP contribution >= 0.6 is 23.4 Å². The Morgan fingerprint density at radius 2 is 1.89 bits per heavy atom. The Kier molecular flexibility index (Phi) is 7.07. The summed E-state index contributed by atoms with van der Waals surface area (Å²) in [6.45, 7) is 5.11. The molecule has 3 aromatic rings. The predicted molar refractivity (Wildman–Crippen MR) is 141 cm³/mol. The smallest absolute Gasteiger partial charge is 0.338 e. The van der Waals surface area contributed by atoms with Crippen LogP contribution in [0.5, 0.6) is 0 Å². The minimum absolute atomic E-state index is 0.00501. The zero-order valence-electron chi connectivity index (χ0n) is 20.8. The van der Waals surface area contributed by atoms with Crippen LogP contribution in [0, 0.1) is 18.2 Å². The quantitative estimate of drug-likeness (QED) is 0.355. The van der Waals surface area contributed by atoms with Crippen molar-refractivity contribution in [2.24, 2.45) is 5.41 Å². The number of carbonyl (C=O) groups excluding carboxylic acids is 3. The van der Waals surface area contributed by atoms with Gasteiger partial charge in [-0.05, 0) is 62.4 Å². The summed E-state index contributed by atoms with van der Waals surface area (Å²) in [6.07, 6.45) is 2.90. The number of ketones is 1. The fourth-order valence-corrected chi connectivity index (χ4v) is 6.67. The monoisotopic (exact) mass is 542 g/mol. The average Bonchev–Trinajstić information content (AvgIpc) is 3.12. The molecule has 0 atom stereocenters. The van der Waals surface area contributed by atoms with Gasteiger partial charge in [0.05, 0.1) is 22.7 Å². The molecule has 0 N–H and O–H groups in total. The van der Waals surface area contributed by atoms with Crippen LogP contribution in [-0.4, -0.2) is 46.8 Å². The highest BCUT2D eigenvalue weighted by atomic mass is 35.5. The van der Waals surface area contributed by atoms with Crippen LogP contribution in [0.15, 0.2) is 46.2 Å². The summed E-state index contributed by atoms with van der Waals surface area (Å²) in [4.78, 5) is 40.4. The number of halogens is 2. The largest absolute Gasteiger partial charge is 0.462 e. The summed E-state index contributed by atoms with van der Waals surface area (Å²) in [7, 11) is 0. The molecule has 1 amide bonds. The lowest BCUT2D eigenvalue weighted by Crippen LogP contribution is -2.49. The summed E-state index contributed by atoms with van der Waals surface area (Å²) in [6, 6.07) is 10.4. The topological polar surface area (TPSA) is 68.6 Å². The van der Waals surface area contributed by atoms with Crippen LogP contribution in [0.1, 0.15) is 48.7 Å². The number of aromatic nitrogens is 1. The maximum absolute atomic E-state index is 15.3. The number of Topliss-reactive ketones (excluding diaryl/α,β-unsaturated/α-hetero) is 1. The summed E-state index contributed by atoms with van der Waals surface area (Å²) >= 11 is 7.55. The molecule has 1 saturated carbocycles. The van der Waals surface area contributed by atoms with Gasteiger partial charge in [0.2, 0.25) is 5.91 Å². The summed E-state index contributed by atoms with van der Waals surface area (Å²) in [5.74, 6) is -0.741. The molecule has 2 aromatic carbocycles. The molecule has 9 heteroatoms. The molecule has 0 unspecified atom stereocenters. The van der Waals surface area contributed by atoms with Gasteiger partial charge >= 0.3 is 5.97 Å². The number of piperidine rings is 1. The first-order valence-corrected chi connectivity index (χ1v) is 13.6.